The molecule has 0 aliphatic carbocycles. The van der Waals surface area contributed by atoms with Crippen molar-refractivity contribution in [3.63, 3.8) is 0 Å². The molecule has 6 nitrogen and oxygen atoms in total. The number of carbonyl (C=O) groups is 2. The molecule has 1 aliphatic rings. The maximum absolute atomic E-state index is 13.1. The van der Waals surface area contributed by atoms with Crippen LogP contribution in [0.3, 0.4) is 0 Å². The van der Waals surface area contributed by atoms with Gasteiger partial charge in [0.1, 0.15) is 11.2 Å². The van der Waals surface area contributed by atoms with Crippen molar-refractivity contribution in [1.82, 2.24) is 5.32 Å². The zero-order valence-electron chi connectivity index (χ0n) is 19.0. The second kappa shape index (κ2) is 8.35. The number of dihydropyridines is 1. The number of hydrogen-bond acceptors (Lipinski definition) is 6. The van der Waals surface area contributed by atoms with Gasteiger partial charge in [0.25, 0.3) is 0 Å². The Morgan fingerprint density at radius 2 is 1.27 bits per heavy atom. The summed E-state index contributed by atoms with van der Waals surface area (Å²) in [5.41, 5.74) is 1.74. The van der Waals surface area contributed by atoms with Gasteiger partial charge < -0.3 is 14.8 Å². The minimum Gasteiger partial charge on any atom is -0.457 e. The Morgan fingerprint density at radius 3 is 1.60 bits per heavy atom. The number of esters is 2. The third-order valence-corrected chi connectivity index (χ3v) is 4.37. The lowest BCUT2D eigenvalue weighted by atomic mass is 9.80. The molecular weight excluding hydrogens is 380 g/mol. The molecule has 1 aliphatic heterocycles. The quantitative estimate of drug-likeness (QED) is 0.739. The van der Waals surface area contributed by atoms with Gasteiger partial charge in [-0.1, -0.05) is 12.1 Å². The Bertz CT molecular complexity index is 899. The molecular formula is C24H30N2O4. The highest BCUT2D eigenvalue weighted by Gasteiger charge is 2.39. The molecule has 1 aromatic rings. The van der Waals surface area contributed by atoms with E-state index >= 15 is 0 Å². The molecule has 0 saturated heterocycles. The van der Waals surface area contributed by atoms with E-state index in [9.17, 15) is 9.59 Å². The molecule has 160 valence electrons. The van der Waals surface area contributed by atoms with Gasteiger partial charge in [-0.05, 0) is 73.1 Å². The Hall–Kier alpha value is -3.07. The number of rotatable bonds is 3. The normalized spacial score (nSPS) is 15.4. The first kappa shape index (κ1) is 23.2. The maximum atomic E-state index is 13.1. The molecule has 0 aromatic heterocycles. The van der Waals surface area contributed by atoms with Gasteiger partial charge in [0.2, 0.25) is 0 Å². The highest BCUT2D eigenvalue weighted by Crippen LogP contribution is 2.40. The molecule has 6 heteroatoms. The SMILES string of the molecule is CC1=C(C(=O)OC(C)(C)C)C(c2ccc(C#N)cc2)C(C(=O)OC(C)(C)C)=C(C)N1. The third-order valence-electron chi connectivity index (χ3n) is 4.37. The van der Waals surface area contributed by atoms with Crippen molar-refractivity contribution in [3.05, 3.63) is 57.9 Å². The fourth-order valence-corrected chi connectivity index (χ4v) is 3.28. The van der Waals surface area contributed by atoms with E-state index in [1.165, 1.54) is 0 Å². The second-order valence-electron chi connectivity index (χ2n) is 9.37. The van der Waals surface area contributed by atoms with Crippen LogP contribution in [0, 0.1) is 11.3 Å². The van der Waals surface area contributed by atoms with Crippen LogP contribution in [0.1, 0.15) is 72.4 Å². The number of hydrogen-bond donors (Lipinski definition) is 1. The van der Waals surface area contributed by atoms with E-state index in [2.05, 4.69) is 11.4 Å². The minimum absolute atomic E-state index is 0.348. The average Bonchev–Trinajstić information content (AvgIpc) is 2.57. The summed E-state index contributed by atoms with van der Waals surface area (Å²) in [7, 11) is 0. The smallest absolute Gasteiger partial charge is 0.337 e. The van der Waals surface area contributed by atoms with E-state index < -0.39 is 29.1 Å². The van der Waals surface area contributed by atoms with Crippen LogP contribution in [0.5, 0.6) is 0 Å². The van der Waals surface area contributed by atoms with Crippen LogP contribution in [0.4, 0.5) is 0 Å². The number of carbonyl (C=O) groups excluding carboxylic acids is 2. The zero-order valence-corrected chi connectivity index (χ0v) is 19.0. The van der Waals surface area contributed by atoms with Crippen LogP contribution in [-0.2, 0) is 19.1 Å². The summed E-state index contributed by atoms with van der Waals surface area (Å²) in [6.45, 7) is 14.3. The second-order valence-corrected chi connectivity index (χ2v) is 9.37. The summed E-state index contributed by atoms with van der Waals surface area (Å²) in [6.07, 6.45) is 0. The molecule has 0 fully saturated rings. The van der Waals surface area contributed by atoms with Crippen LogP contribution in [0.25, 0.3) is 0 Å². The van der Waals surface area contributed by atoms with Gasteiger partial charge in [-0.2, -0.15) is 5.26 Å². The average molecular weight is 411 g/mol. The van der Waals surface area contributed by atoms with Crippen molar-refractivity contribution in [2.24, 2.45) is 0 Å². The van der Waals surface area contributed by atoms with Gasteiger partial charge in [-0.3, -0.25) is 0 Å². The largest absolute Gasteiger partial charge is 0.457 e. The van der Waals surface area contributed by atoms with E-state index in [0.717, 1.165) is 0 Å². The van der Waals surface area contributed by atoms with E-state index in [-0.39, 0.29) is 0 Å². The third kappa shape index (κ3) is 5.50. The summed E-state index contributed by atoms with van der Waals surface area (Å²) in [5, 5.41) is 12.3. The fraction of sp³-hybridized carbons (Fsp3) is 0.458. The first-order valence-corrected chi connectivity index (χ1v) is 9.89. The van der Waals surface area contributed by atoms with E-state index in [1.54, 1.807) is 79.7 Å². The molecule has 0 saturated carbocycles. The Morgan fingerprint density at radius 1 is 0.867 bits per heavy atom. The maximum Gasteiger partial charge on any atom is 0.337 e. The lowest BCUT2D eigenvalue weighted by molar-refractivity contribution is -0.150. The van der Waals surface area contributed by atoms with Crippen molar-refractivity contribution in [1.29, 1.82) is 5.26 Å². The number of allylic oxidation sites excluding steroid dienone is 2. The summed E-state index contributed by atoms with van der Waals surface area (Å²) < 4.78 is 11.3. The topological polar surface area (TPSA) is 88.4 Å². The van der Waals surface area contributed by atoms with E-state index in [1.807, 2.05) is 0 Å². The number of nitrogens with one attached hydrogen (secondary N) is 1. The summed E-state index contributed by atoms with van der Waals surface area (Å²) in [6, 6.07) is 8.93. The van der Waals surface area contributed by atoms with E-state index in [0.29, 0.717) is 33.7 Å². The first-order valence-electron chi connectivity index (χ1n) is 9.89. The summed E-state index contributed by atoms with van der Waals surface area (Å²) >= 11 is 0. The highest BCUT2D eigenvalue weighted by molar-refractivity contribution is 6.00. The number of nitrogens with zero attached hydrogens (tertiary/aromatic N) is 1. The molecule has 0 radical (unpaired) electrons. The van der Waals surface area contributed by atoms with Gasteiger partial charge in [-0.25, -0.2) is 9.59 Å². The van der Waals surface area contributed by atoms with Crippen molar-refractivity contribution in [3.8, 4) is 6.07 Å². The predicted molar refractivity (Wildman–Crippen MR) is 114 cm³/mol. The van der Waals surface area contributed by atoms with Crippen molar-refractivity contribution >= 4 is 11.9 Å². The highest BCUT2D eigenvalue weighted by atomic mass is 16.6. The Labute approximate surface area is 178 Å². The molecule has 0 unspecified atom stereocenters. The zero-order chi connectivity index (χ0) is 22.9. The minimum atomic E-state index is -0.693. The number of benzene rings is 1. The van der Waals surface area contributed by atoms with Crippen LogP contribution in [0.15, 0.2) is 46.8 Å². The summed E-state index contributed by atoms with van der Waals surface area (Å²) in [5.74, 6) is -1.69. The van der Waals surface area contributed by atoms with Crippen LogP contribution in [0.2, 0.25) is 0 Å². The monoisotopic (exact) mass is 410 g/mol. The summed E-state index contributed by atoms with van der Waals surface area (Å²) in [4.78, 5) is 26.3. The molecule has 1 aromatic carbocycles. The van der Waals surface area contributed by atoms with Crippen LogP contribution in [-0.4, -0.2) is 23.1 Å². The van der Waals surface area contributed by atoms with Gasteiger partial charge in [0.15, 0.2) is 0 Å². The van der Waals surface area contributed by atoms with Crippen molar-refractivity contribution in [2.45, 2.75) is 72.5 Å². The molecule has 0 spiro atoms. The number of ether oxygens (including phenoxy) is 2. The standard InChI is InChI=1S/C24H30N2O4/c1-14-18(21(27)29-23(3,4)5)20(17-11-9-16(13-25)10-12-17)19(15(2)26-14)22(28)30-24(6,7)8/h9-12,20,26H,1-8H3. The van der Waals surface area contributed by atoms with Gasteiger partial charge in [0.05, 0.1) is 28.7 Å². The molecule has 30 heavy (non-hydrogen) atoms. The molecule has 0 atom stereocenters. The van der Waals surface area contributed by atoms with Crippen molar-refractivity contribution < 1.29 is 19.1 Å². The molecule has 1 N–H and O–H groups in total. The van der Waals surface area contributed by atoms with Crippen LogP contribution >= 0.6 is 0 Å². The Balaban J connectivity index is 2.65. The van der Waals surface area contributed by atoms with Crippen molar-refractivity contribution in [2.75, 3.05) is 0 Å². The lowest BCUT2D eigenvalue weighted by Crippen LogP contribution is -2.36. The molecule has 0 amide bonds. The van der Waals surface area contributed by atoms with E-state index in [4.69, 9.17) is 14.7 Å². The van der Waals surface area contributed by atoms with Gasteiger partial charge >= 0.3 is 11.9 Å². The fourth-order valence-electron chi connectivity index (χ4n) is 3.28. The number of nitriles is 1. The van der Waals surface area contributed by atoms with Gasteiger partial charge in [0, 0.05) is 11.4 Å². The Kier molecular flexibility index (Phi) is 6.46. The first-order chi connectivity index (χ1) is 13.7. The predicted octanol–water partition coefficient (Wildman–Crippen LogP) is 4.48. The molecule has 1 heterocycles. The van der Waals surface area contributed by atoms with Gasteiger partial charge in [-0.15, -0.1) is 0 Å². The molecule has 0 bridgehead atoms. The lowest BCUT2D eigenvalue weighted by Gasteiger charge is -2.33. The van der Waals surface area contributed by atoms with Crippen LogP contribution < -0.4 is 5.32 Å². The molecule has 2 rings (SSSR count).